The summed E-state index contributed by atoms with van der Waals surface area (Å²) in [4.78, 5) is 17.8. The van der Waals surface area contributed by atoms with Crippen LogP contribution in [0.15, 0.2) is 30.5 Å². The minimum atomic E-state index is -0.402. The number of carbonyl (C=O) groups excluding carboxylic acids is 1. The van der Waals surface area contributed by atoms with E-state index in [2.05, 4.69) is 10.3 Å². The van der Waals surface area contributed by atoms with Gasteiger partial charge >= 0.3 is 0 Å². The maximum Gasteiger partial charge on any atom is 0.220 e. The number of anilines is 1. The maximum absolute atomic E-state index is 12.9. The first-order chi connectivity index (χ1) is 13.1. The van der Waals surface area contributed by atoms with Crippen LogP contribution in [0.2, 0.25) is 0 Å². The van der Waals surface area contributed by atoms with Crippen LogP contribution in [-0.4, -0.2) is 40.1 Å². The summed E-state index contributed by atoms with van der Waals surface area (Å²) in [6, 6.07) is 7.59. The maximum atomic E-state index is 12.9. The Hall–Kier alpha value is -2.63. The molecule has 0 bridgehead atoms. The zero-order valence-corrected chi connectivity index (χ0v) is 15.9. The highest BCUT2D eigenvalue weighted by molar-refractivity contribution is 5.77. The summed E-state index contributed by atoms with van der Waals surface area (Å²) < 4.78 is 5.61. The van der Waals surface area contributed by atoms with Crippen LogP contribution in [0.3, 0.4) is 0 Å². The van der Waals surface area contributed by atoms with Gasteiger partial charge in [-0.25, -0.2) is 0 Å². The van der Waals surface area contributed by atoms with Crippen LogP contribution < -0.4 is 10.1 Å². The predicted octanol–water partition coefficient (Wildman–Crippen LogP) is 3.79. The van der Waals surface area contributed by atoms with Crippen molar-refractivity contribution in [2.75, 3.05) is 12.4 Å². The zero-order valence-electron chi connectivity index (χ0n) is 15.9. The summed E-state index contributed by atoms with van der Waals surface area (Å²) in [5, 5.41) is 14.2. The standard InChI is InChI=1S/C21H27N3O3/c1-13(25)24-17-10-5-3-4-9-15(17)23-16-12-22-21(26)19(16)20(24)14-8-6-7-11-18(14)27-2/h6-8,11-12,15,17,20,22-23,26H,3-5,9-10H2,1-2H3. The van der Waals surface area contributed by atoms with E-state index in [9.17, 15) is 9.90 Å². The van der Waals surface area contributed by atoms with E-state index in [-0.39, 0.29) is 23.9 Å². The van der Waals surface area contributed by atoms with E-state index in [1.54, 1.807) is 20.2 Å². The molecule has 1 saturated carbocycles. The van der Waals surface area contributed by atoms with Gasteiger partial charge in [0.05, 0.1) is 30.4 Å². The normalized spacial score (nSPS) is 24.8. The van der Waals surface area contributed by atoms with Crippen LogP contribution in [0.1, 0.15) is 56.2 Å². The summed E-state index contributed by atoms with van der Waals surface area (Å²) >= 11 is 0. The van der Waals surface area contributed by atoms with Crippen molar-refractivity contribution in [2.45, 2.75) is 57.2 Å². The summed E-state index contributed by atoms with van der Waals surface area (Å²) in [6.07, 6.45) is 7.21. The average Bonchev–Trinajstić information content (AvgIpc) is 2.83. The lowest BCUT2D eigenvalue weighted by Gasteiger charge is -2.39. The Morgan fingerprint density at radius 2 is 2.00 bits per heavy atom. The first kappa shape index (κ1) is 17.8. The number of benzene rings is 1. The van der Waals surface area contributed by atoms with E-state index in [4.69, 9.17) is 4.74 Å². The van der Waals surface area contributed by atoms with E-state index >= 15 is 0 Å². The first-order valence-corrected chi connectivity index (χ1v) is 9.70. The third-order valence-corrected chi connectivity index (χ3v) is 5.92. The number of para-hydroxylation sites is 1. The van der Waals surface area contributed by atoms with Crippen molar-refractivity contribution >= 4 is 11.6 Å². The number of ether oxygens (including phenoxy) is 1. The fraction of sp³-hybridized carbons (Fsp3) is 0.476. The number of fused-ring (bicyclic) bond motifs is 2. The fourth-order valence-corrected chi connectivity index (χ4v) is 4.75. The van der Waals surface area contributed by atoms with Crippen LogP contribution in [0.25, 0.3) is 0 Å². The number of carbonyl (C=O) groups is 1. The highest BCUT2D eigenvalue weighted by Crippen LogP contribution is 2.47. The number of rotatable bonds is 2. The molecule has 1 amide bonds. The molecule has 6 nitrogen and oxygen atoms in total. The molecule has 1 aromatic carbocycles. The van der Waals surface area contributed by atoms with Crippen LogP contribution in [0, 0.1) is 0 Å². The highest BCUT2D eigenvalue weighted by atomic mass is 16.5. The lowest BCUT2D eigenvalue weighted by atomic mass is 9.94. The second-order valence-corrected chi connectivity index (χ2v) is 7.49. The van der Waals surface area contributed by atoms with Crippen molar-refractivity contribution in [1.82, 2.24) is 9.88 Å². The van der Waals surface area contributed by atoms with E-state index in [1.165, 1.54) is 6.42 Å². The molecule has 6 heteroatoms. The lowest BCUT2D eigenvalue weighted by Crippen LogP contribution is -2.48. The molecule has 1 aliphatic carbocycles. The number of aromatic nitrogens is 1. The van der Waals surface area contributed by atoms with E-state index < -0.39 is 6.04 Å². The molecule has 4 rings (SSSR count). The van der Waals surface area contributed by atoms with E-state index in [1.807, 2.05) is 29.2 Å². The van der Waals surface area contributed by atoms with Gasteiger partial charge in [-0.2, -0.15) is 0 Å². The van der Waals surface area contributed by atoms with Crippen molar-refractivity contribution in [3.8, 4) is 11.6 Å². The summed E-state index contributed by atoms with van der Waals surface area (Å²) in [7, 11) is 1.64. The second-order valence-electron chi connectivity index (χ2n) is 7.49. The molecule has 0 saturated heterocycles. The average molecular weight is 369 g/mol. The molecule has 3 N–H and O–H groups in total. The van der Waals surface area contributed by atoms with Gasteiger partial charge in [0.25, 0.3) is 0 Å². The molecule has 1 aliphatic heterocycles. The van der Waals surface area contributed by atoms with Gasteiger partial charge in [0.2, 0.25) is 5.91 Å². The van der Waals surface area contributed by atoms with Gasteiger partial charge in [0.1, 0.15) is 5.75 Å². The first-order valence-electron chi connectivity index (χ1n) is 9.70. The number of H-pyrrole nitrogens is 1. The van der Waals surface area contributed by atoms with Gasteiger partial charge in [-0.15, -0.1) is 0 Å². The third kappa shape index (κ3) is 3.03. The molecule has 144 valence electrons. The van der Waals surface area contributed by atoms with Crippen LogP contribution in [-0.2, 0) is 4.79 Å². The van der Waals surface area contributed by atoms with Gasteiger partial charge in [0.15, 0.2) is 5.88 Å². The molecule has 1 fully saturated rings. The molecule has 1 aromatic heterocycles. The topological polar surface area (TPSA) is 77.6 Å². The highest BCUT2D eigenvalue weighted by Gasteiger charge is 2.42. The summed E-state index contributed by atoms with van der Waals surface area (Å²) in [5.41, 5.74) is 2.46. The van der Waals surface area contributed by atoms with Gasteiger partial charge in [-0.05, 0) is 18.9 Å². The van der Waals surface area contributed by atoms with Crippen molar-refractivity contribution in [2.24, 2.45) is 0 Å². The Kier molecular flexibility index (Phi) is 4.72. The molecule has 0 spiro atoms. The van der Waals surface area contributed by atoms with E-state index in [0.717, 1.165) is 36.9 Å². The summed E-state index contributed by atoms with van der Waals surface area (Å²) in [5.74, 6) is 0.821. The number of aromatic hydroxyl groups is 1. The molecule has 3 unspecified atom stereocenters. The van der Waals surface area contributed by atoms with Crippen molar-refractivity contribution < 1.29 is 14.6 Å². The minimum absolute atomic E-state index is 0.0121. The quantitative estimate of drug-likeness (QED) is 0.753. The Morgan fingerprint density at radius 1 is 1.22 bits per heavy atom. The number of nitrogens with one attached hydrogen (secondary N) is 2. The monoisotopic (exact) mass is 369 g/mol. The van der Waals surface area contributed by atoms with Crippen molar-refractivity contribution in [3.63, 3.8) is 0 Å². The van der Waals surface area contributed by atoms with Gasteiger partial charge in [0, 0.05) is 24.7 Å². The number of methoxy groups -OCH3 is 1. The minimum Gasteiger partial charge on any atom is -0.496 e. The number of aromatic amines is 1. The molecule has 2 aliphatic rings. The van der Waals surface area contributed by atoms with Crippen molar-refractivity contribution in [1.29, 1.82) is 0 Å². The SMILES string of the molecule is COc1ccccc1C1c2c(c[nH]c2O)NC2CCCCCC2N1C(C)=O. The molecular formula is C21H27N3O3. The molecular weight excluding hydrogens is 342 g/mol. The molecule has 0 radical (unpaired) electrons. The number of nitrogens with zero attached hydrogens (tertiary/aromatic N) is 1. The Bertz CT molecular complexity index is 832. The Labute approximate surface area is 159 Å². The van der Waals surface area contributed by atoms with Crippen LogP contribution in [0.5, 0.6) is 11.6 Å². The third-order valence-electron chi connectivity index (χ3n) is 5.92. The molecule has 2 heterocycles. The van der Waals surface area contributed by atoms with E-state index in [0.29, 0.717) is 11.3 Å². The largest absolute Gasteiger partial charge is 0.496 e. The lowest BCUT2D eigenvalue weighted by molar-refractivity contribution is -0.133. The van der Waals surface area contributed by atoms with Gasteiger partial charge in [-0.1, -0.05) is 37.5 Å². The smallest absolute Gasteiger partial charge is 0.220 e. The molecule has 2 aromatic rings. The predicted molar refractivity (Wildman–Crippen MR) is 104 cm³/mol. The number of hydrogen-bond acceptors (Lipinski definition) is 4. The van der Waals surface area contributed by atoms with Crippen LogP contribution in [0.4, 0.5) is 5.69 Å². The zero-order chi connectivity index (χ0) is 19.0. The second kappa shape index (κ2) is 7.18. The van der Waals surface area contributed by atoms with Gasteiger partial charge in [-0.3, -0.25) is 4.79 Å². The molecule has 27 heavy (non-hydrogen) atoms. The molecule has 3 atom stereocenters. The Balaban J connectivity index is 1.94. The fourth-order valence-electron chi connectivity index (χ4n) is 4.75. The number of amides is 1. The Morgan fingerprint density at radius 3 is 2.78 bits per heavy atom. The van der Waals surface area contributed by atoms with Gasteiger partial charge < -0.3 is 25.0 Å². The number of hydrogen-bond donors (Lipinski definition) is 3. The summed E-state index contributed by atoms with van der Waals surface area (Å²) in [6.45, 7) is 1.62. The van der Waals surface area contributed by atoms with Crippen LogP contribution >= 0.6 is 0 Å². The van der Waals surface area contributed by atoms with Crippen molar-refractivity contribution in [3.05, 3.63) is 41.6 Å².